The highest BCUT2D eigenvalue weighted by Gasteiger charge is 2.19. The van der Waals surface area contributed by atoms with E-state index in [0.29, 0.717) is 16.4 Å². The number of nitrogens with one attached hydrogen (secondary N) is 2. The second kappa shape index (κ2) is 5.54. The molecule has 20 heavy (non-hydrogen) atoms. The summed E-state index contributed by atoms with van der Waals surface area (Å²) >= 11 is 5.88. The minimum absolute atomic E-state index is 0.182. The number of nitrogens with two attached hydrogens (primary N) is 1. The Morgan fingerprint density at radius 1 is 1.45 bits per heavy atom. The summed E-state index contributed by atoms with van der Waals surface area (Å²) in [5.74, 6) is -0.155. The first kappa shape index (κ1) is 14.4. The van der Waals surface area contributed by atoms with Gasteiger partial charge in [0.15, 0.2) is 5.69 Å². The lowest BCUT2D eigenvalue weighted by Crippen LogP contribution is -2.15. The van der Waals surface area contributed by atoms with Crippen molar-refractivity contribution in [1.82, 2.24) is 10.2 Å². The molecule has 0 spiro atoms. The molecule has 0 atom stereocenters. The van der Waals surface area contributed by atoms with Crippen molar-refractivity contribution in [3.63, 3.8) is 0 Å². The summed E-state index contributed by atoms with van der Waals surface area (Å²) in [5, 5.41) is 10.2. The number of H-pyrrole nitrogens is 1. The molecule has 0 bridgehead atoms. The van der Waals surface area contributed by atoms with Crippen LogP contribution in [0.25, 0.3) is 0 Å². The van der Waals surface area contributed by atoms with Crippen LogP contribution in [0.1, 0.15) is 41.5 Å². The second-order valence-electron chi connectivity index (χ2n) is 4.97. The van der Waals surface area contributed by atoms with E-state index in [9.17, 15) is 4.79 Å². The van der Waals surface area contributed by atoms with Crippen molar-refractivity contribution < 1.29 is 4.79 Å². The maximum absolute atomic E-state index is 12.2. The topological polar surface area (TPSA) is 83.8 Å². The lowest BCUT2D eigenvalue weighted by Gasteiger charge is -2.08. The van der Waals surface area contributed by atoms with E-state index in [-0.39, 0.29) is 17.5 Å². The van der Waals surface area contributed by atoms with Crippen LogP contribution in [0.5, 0.6) is 0 Å². The molecule has 2 aromatic rings. The first-order valence-corrected chi connectivity index (χ1v) is 6.69. The van der Waals surface area contributed by atoms with Gasteiger partial charge < -0.3 is 11.1 Å². The SMILES string of the molecule is Cc1cc(Cl)ccc1NC(=O)c1n[nH]c(C(C)C)c1N. The average molecular weight is 293 g/mol. The van der Waals surface area contributed by atoms with E-state index in [4.69, 9.17) is 17.3 Å². The van der Waals surface area contributed by atoms with Crippen LogP contribution in [0.3, 0.4) is 0 Å². The Morgan fingerprint density at radius 2 is 2.15 bits per heavy atom. The number of carbonyl (C=O) groups excluding carboxylic acids is 1. The van der Waals surface area contributed by atoms with Crippen LogP contribution < -0.4 is 11.1 Å². The molecule has 6 heteroatoms. The normalized spacial score (nSPS) is 10.8. The molecular weight excluding hydrogens is 276 g/mol. The molecule has 0 radical (unpaired) electrons. The van der Waals surface area contributed by atoms with E-state index in [1.54, 1.807) is 18.2 Å². The van der Waals surface area contributed by atoms with Crippen molar-refractivity contribution in [2.24, 2.45) is 0 Å². The number of rotatable bonds is 3. The van der Waals surface area contributed by atoms with E-state index in [1.165, 1.54) is 0 Å². The molecule has 0 unspecified atom stereocenters. The van der Waals surface area contributed by atoms with E-state index in [2.05, 4.69) is 15.5 Å². The van der Waals surface area contributed by atoms with Crippen molar-refractivity contribution >= 4 is 28.9 Å². The van der Waals surface area contributed by atoms with Crippen LogP contribution in [0.2, 0.25) is 5.02 Å². The Kier molecular flexibility index (Phi) is 3.99. The van der Waals surface area contributed by atoms with Crippen molar-refractivity contribution in [3.8, 4) is 0 Å². The summed E-state index contributed by atoms with van der Waals surface area (Å²) in [6.07, 6.45) is 0. The average Bonchev–Trinajstić information content (AvgIpc) is 2.74. The molecule has 1 aromatic heterocycles. The van der Waals surface area contributed by atoms with Crippen LogP contribution in [0.15, 0.2) is 18.2 Å². The zero-order chi connectivity index (χ0) is 14.9. The van der Waals surface area contributed by atoms with E-state index < -0.39 is 0 Å². The number of hydrogen-bond acceptors (Lipinski definition) is 3. The third kappa shape index (κ3) is 2.77. The number of anilines is 2. The third-order valence-electron chi connectivity index (χ3n) is 3.06. The summed E-state index contributed by atoms with van der Waals surface area (Å²) in [5.41, 5.74) is 8.88. The number of amides is 1. The molecule has 0 aliphatic carbocycles. The van der Waals surface area contributed by atoms with Gasteiger partial charge in [-0.05, 0) is 36.6 Å². The molecule has 1 heterocycles. The minimum atomic E-state index is -0.337. The maximum Gasteiger partial charge on any atom is 0.278 e. The van der Waals surface area contributed by atoms with Gasteiger partial charge in [0.1, 0.15) is 0 Å². The van der Waals surface area contributed by atoms with Gasteiger partial charge in [-0.2, -0.15) is 5.10 Å². The monoisotopic (exact) mass is 292 g/mol. The van der Waals surface area contributed by atoms with Crippen molar-refractivity contribution in [1.29, 1.82) is 0 Å². The van der Waals surface area contributed by atoms with Crippen LogP contribution >= 0.6 is 11.6 Å². The second-order valence-corrected chi connectivity index (χ2v) is 5.40. The molecule has 5 nitrogen and oxygen atoms in total. The van der Waals surface area contributed by atoms with Gasteiger partial charge >= 0.3 is 0 Å². The Labute approximate surface area is 122 Å². The Morgan fingerprint density at radius 3 is 2.70 bits per heavy atom. The number of aryl methyl sites for hydroxylation is 1. The minimum Gasteiger partial charge on any atom is -0.395 e. The molecule has 4 N–H and O–H groups in total. The number of halogens is 1. The van der Waals surface area contributed by atoms with E-state index in [0.717, 1.165) is 11.3 Å². The molecule has 0 aliphatic heterocycles. The highest BCUT2D eigenvalue weighted by molar-refractivity contribution is 6.30. The quantitative estimate of drug-likeness (QED) is 0.811. The predicted molar refractivity (Wildman–Crippen MR) is 81.2 cm³/mol. The van der Waals surface area contributed by atoms with Gasteiger partial charge in [0.05, 0.1) is 11.4 Å². The number of carbonyl (C=O) groups is 1. The molecule has 106 valence electrons. The lowest BCUT2D eigenvalue weighted by atomic mass is 10.1. The summed E-state index contributed by atoms with van der Waals surface area (Å²) in [6, 6.07) is 5.25. The predicted octanol–water partition coefficient (Wildman–Crippen LogP) is 3.33. The number of nitrogen functional groups attached to an aromatic ring is 1. The zero-order valence-corrected chi connectivity index (χ0v) is 12.4. The number of aromatic nitrogens is 2. The van der Waals surface area contributed by atoms with E-state index >= 15 is 0 Å². The third-order valence-corrected chi connectivity index (χ3v) is 3.30. The molecule has 0 saturated carbocycles. The van der Waals surface area contributed by atoms with Crippen LogP contribution in [0, 0.1) is 6.92 Å². The zero-order valence-electron chi connectivity index (χ0n) is 11.6. The van der Waals surface area contributed by atoms with E-state index in [1.807, 2.05) is 20.8 Å². The number of benzene rings is 1. The summed E-state index contributed by atoms with van der Waals surface area (Å²) in [4.78, 5) is 12.2. The Hall–Kier alpha value is -2.01. The standard InChI is InChI=1S/C14H17ClN4O/c1-7(2)12-11(16)13(19-18-12)14(20)17-10-5-4-9(15)6-8(10)3/h4-7H,16H2,1-3H3,(H,17,20)(H,18,19). The maximum atomic E-state index is 12.2. The molecular formula is C14H17ClN4O. The Balaban J connectivity index is 2.24. The molecule has 1 aromatic carbocycles. The van der Waals surface area contributed by atoms with Gasteiger partial charge in [0.2, 0.25) is 0 Å². The number of aromatic amines is 1. The molecule has 0 fully saturated rings. The fourth-order valence-corrected chi connectivity index (χ4v) is 2.15. The summed E-state index contributed by atoms with van der Waals surface area (Å²) in [6.45, 7) is 5.83. The van der Waals surface area contributed by atoms with Gasteiger partial charge in [-0.1, -0.05) is 25.4 Å². The van der Waals surface area contributed by atoms with Crippen LogP contribution in [-0.4, -0.2) is 16.1 Å². The highest BCUT2D eigenvalue weighted by Crippen LogP contribution is 2.24. The molecule has 0 saturated heterocycles. The molecule has 0 aliphatic rings. The first-order chi connectivity index (χ1) is 9.40. The molecule has 1 amide bonds. The van der Waals surface area contributed by atoms with Gasteiger partial charge in [0.25, 0.3) is 5.91 Å². The van der Waals surface area contributed by atoms with Crippen LogP contribution in [-0.2, 0) is 0 Å². The highest BCUT2D eigenvalue weighted by atomic mass is 35.5. The number of hydrogen-bond donors (Lipinski definition) is 3. The largest absolute Gasteiger partial charge is 0.395 e. The van der Waals surface area contributed by atoms with Gasteiger partial charge in [-0.25, -0.2) is 0 Å². The fourth-order valence-electron chi connectivity index (χ4n) is 1.93. The van der Waals surface area contributed by atoms with Crippen molar-refractivity contribution in [2.45, 2.75) is 26.7 Å². The summed E-state index contributed by atoms with van der Waals surface area (Å²) in [7, 11) is 0. The first-order valence-electron chi connectivity index (χ1n) is 6.31. The number of nitrogens with zero attached hydrogens (tertiary/aromatic N) is 1. The Bertz CT molecular complexity index is 649. The lowest BCUT2D eigenvalue weighted by molar-refractivity contribution is 0.102. The smallest absolute Gasteiger partial charge is 0.278 e. The van der Waals surface area contributed by atoms with Gasteiger partial charge in [-0.3, -0.25) is 9.89 Å². The molecule has 2 rings (SSSR count). The fraction of sp³-hybridized carbons (Fsp3) is 0.286. The van der Waals surface area contributed by atoms with Crippen molar-refractivity contribution in [2.75, 3.05) is 11.1 Å². The van der Waals surface area contributed by atoms with Gasteiger partial charge in [0, 0.05) is 10.7 Å². The summed E-state index contributed by atoms with van der Waals surface area (Å²) < 4.78 is 0. The van der Waals surface area contributed by atoms with Gasteiger partial charge in [-0.15, -0.1) is 0 Å². The van der Waals surface area contributed by atoms with Crippen LogP contribution in [0.4, 0.5) is 11.4 Å². The van der Waals surface area contributed by atoms with Crippen molar-refractivity contribution in [3.05, 3.63) is 40.2 Å².